The zero-order valence-electron chi connectivity index (χ0n) is 12.4. The third-order valence-corrected chi connectivity index (χ3v) is 6.76. The van der Waals surface area contributed by atoms with Crippen LogP contribution < -0.4 is 0 Å². The maximum Gasteiger partial charge on any atom is 0.229 e. The number of likely N-dealkylation sites (tertiary alicyclic amines) is 1. The summed E-state index contributed by atoms with van der Waals surface area (Å²) >= 11 is 0. The molecule has 3 aliphatic rings. The zero-order valence-corrected chi connectivity index (χ0v) is 12.4. The molecule has 0 aromatic carbocycles. The quantitative estimate of drug-likeness (QED) is 0.729. The van der Waals surface area contributed by atoms with E-state index in [0.29, 0.717) is 12.2 Å². The summed E-state index contributed by atoms with van der Waals surface area (Å²) in [4.78, 5) is 27.5. The largest absolute Gasteiger partial charge is 0.342 e. The summed E-state index contributed by atoms with van der Waals surface area (Å²) in [6.07, 6.45) is 5.74. The van der Waals surface area contributed by atoms with Crippen LogP contribution in [-0.4, -0.2) is 29.7 Å². The summed E-state index contributed by atoms with van der Waals surface area (Å²) in [5.41, 5.74) is -0.875. The van der Waals surface area contributed by atoms with E-state index in [2.05, 4.69) is 20.8 Å². The number of amides is 1. The monoisotopic (exact) mass is 263 g/mol. The predicted molar refractivity (Wildman–Crippen MR) is 73.6 cm³/mol. The van der Waals surface area contributed by atoms with Crippen LogP contribution in [0.5, 0.6) is 0 Å². The Morgan fingerprint density at radius 2 is 1.68 bits per heavy atom. The van der Waals surface area contributed by atoms with Crippen molar-refractivity contribution in [3.8, 4) is 0 Å². The van der Waals surface area contributed by atoms with Gasteiger partial charge in [0.2, 0.25) is 5.91 Å². The number of Topliss-reactive ketones (excluding diaryl/α,β-unsaturated/α-hetero) is 1. The second kappa shape index (κ2) is 3.83. The summed E-state index contributed by atoms with van der Waals surface area (Å²) in [6.45, 7) is 8.15. The minimum Gasteiger partial charge on any atom is -0.342 e. The van der Waals surface area contributed by atoms with Crippen LogP contribution >= 0.6 is 0 Å². The van der Waals surface area contributed by atoms with Crippen LogP contribution in [-0.2, 0) is 9.59 Å². The van der Waals surface area contributed by atoms with E-state index in [1.165, 1.54) is 6.42 Å². The van der Waals surface area contributed by atoms with Gasteiger partial charge in [-0.1, -0.05) is 20.8 Å². The van der Waals surface area contributed by atoms with Crippen LogP contribution in [0.1, 0.15) is 59.3 Å². The molecular weight excluding hydrogens is 238 g/mol. The summed E-state index contributed by atoms with van der Waals surface area (Å²) in [7, 11) is 0. The molecule has 2 atom stereocenters. The van der Waals surface area contributed by atoms with Gasteiger partial charge >= 0.3 is 0 Å². The maximum atomic E-state index is 13.1. The van der Waals surface area contributed by atoms with Crippen molar-refractivity contribution in [3.63, 3.8) is 0 Å². The van der Waals surface area contributed by atoms with Gasteiger partial charge in [0.15, 0.2) is 0 Å². The molecule has 3 heteroatoms. The topological polar surface area (TPSA) is 37.4 Å². The van der Waals surface area contributed by atoms with Crippen LogP contribution in [0.15, 0.2) is 0 Å². The fraction of sp³-hybridized carbons (Fsp3) is 0.875. The average molecular weight is 263 g/mol. The van der Waals surface area contributed by atoms with E-state index in [4.69, 9.17) is 0 Å². The van der Waals surface area contributed by atoms with Gasteiger partial charge in [0.25, 0.3) is 0 Å². The number of hydrogen-bond donors (Lipinski definition) is 0. The normalized spacial score (nSPS) is 40.8. The molecule has 19 heavy (non-hydrogen) atoms. The molecule has 3 fully saturated rings. The second-order valence-corrected chi connectivity index (χ2v) is 7.49. The predicted octanol–water partition coefficient (Wildman–Crippen LogP) is 2.78. The summed E-state index contributed by atoms with van der Waals surface area (Å²) in [6, 6.07) is 0. The van der Waals surface area contributed by atoms with E-state index in [1.807, 2.05) is 4.90 Å². The molecule has 0 spiro atoms. The number of carbonyl (C=O) groups excluding carboxylic acids is 2. The Kier molecular flexibility index (Phi) is 2.65. The molecular formula is C16H25NO2. The van der Waals surface area contributed by atoms with Gasteiger partial charge in [0, 0.05) is 24.9 Å². The van der Waals surface area contributed by atoms with Crippen molar-refractivity contribution in [3.05, 3.63) is 0 Å². The Morgan fingerprint density at radius 1 is 1.05 bits per heavy atom. The molecule has 1 heterocycles. The Balaban J connectivity index is 1.95. The third-order valence-electron chi connectivity index (χ3n) is 6.76. The average Bonchev–Trinajstić information content (AvgIpc) is 2.69. The highest BCUT2D eigenvalue weighted by Gasteiger charge is 2.72. The van der Waals surface area contributed by atoms with Crippen LogP contribution in [0, 0.1) is 16.2 Å². The zero-order chi connectivity index (χ0) is 13.9. The minimum atomic E-state index is -0.407. The molecule has 3 nitrogen and oxygen atoms in total. The molecule has 1 aliphatic heterocycles. The lowest BCUT2D eigenvalue weighted by atomic mass is 9.64. The molecule has 2 aliphatic carbocycles. The first-order valence-electron chi connectivity index (χ1n) is 7.68. The number of nitrogens with zero attached hydrogens (tertiary/aromatic N) is 1. The highest BCUT2D eigenvalue weighted by molar-refractivity contribution is 5.99. The van der Waals surface area contributed by atoms with Gasteiger partial charge in [0.1, 0.15) is 5.78 Å². The first-order valence-corrected chi connectivity index (χ1v) is 7.68. The first-order chi connectivity index (χ1) is 8.85. The molecule has 3 rings (SSSR count). The van der Waals surface area contributed by atoms with Crippen molar-refractivity contribution in [2.75, 3.05) is 13.1 Å². The van der Waals surface area contributed by atoms with Crippen molar-refractivity contribution in [2.24, 2.45) is 16.2 Å². The Morgan fingerprint density at radius 3 is 2.16 bits per heavy atom. The molecule has 0 aromatic heterocycles. The second-order valence-electron chi connectivity index (χ2n) is 7.49. The fourth-order valence-corrected chi connectivity index (χ4v) is 4.73. The van der Waals surface area contributed by atoms with E-state index < -0.39 is 5.41 Å². The molecule has 0 aromatic rings. The summed E-state index contributed by atoms with van der Waals surface area (Å²) in [5.74, 6) is 0.584. The number of carbonyl (C=O) groups is 2. The number of ketones is 1. The molecule has 2 bridgehead atoms. The van der Waals surface area contributed by atoms with Crippen LogP contribution in [0.2, 0.25) is 0 Å². The SMILES string of the molecule is CC1(C)[C@@]2(C(=O)N3CCCCC3)CC[C@]1(C)C(=O)C2. The van der Waals surface area contributed by atoms with E-state index in [0.717, 1.165) is 38.8 Å². The molecule has 2 saturated carbocycles. The lowest BCUT2D eigenvalue weighted by Gasteiger charge is -2.42. The van der Waals surface area contributed by atoms with E-state index in [-0.39, 0.29) is 16.7 Å². The van der Waals surface area contributed by atoms with Crippen LogP contribution in [0.4, 0.5) is 0 Å². The third kappa shape index (κ3) is 1.39. The Labute approximate surface area is 115 Å². The molecule has 1 saturated heterocycles. The van der Waals surface area contributed by atoms with Crippen LogP contribution in [0.25, 0.3) is 0 Å². The lowest BCUT2D eigenvalue weighted by molar-refractivity contribution is -0.148. The van der Waals surface area contributed by atoms with Crippen molar-refractivity contribution in [1.29, 1.82) is 0 Å². The van der Waals surface area contributed by atoms with Gasteiger partial charge in [-0.2, -0.15) is 0 Å². The van der Waals surface area contributed by atoms with E-state index in [9.17, 15) is 9.59 Å². The van der Waals surface area contributed by atoms with Gasteiger partial charge in [-0.15, -0.1) is 0 Å². The molecule has 106 valence electrons. The van der Waals surface area contributed by atoms with Crippen molar-refractivity contribution in [1.82, 2.24) is 4.90 Å². The van der Waals surface area contributed by atoms with Gasteiger partial charge in [-0.25, -0.2) is 0 Å². The van der Waals surface area contributed by atoms with Crippen molar-refractivity contribution < 1.29 is 9.59 Å². The summed E-state index contributed by atoms with van der Waals surface area (Å²) < 4.78 is 0. The lowest BCUT2D eigenvalue weighted by Crippen LogP contribution is -2.50. The van der Waals surface area contributed by atoms with Gasteiger partial charge in [-0.05, 0) is 37.5 Å². The van der Waals surface area contributed by atoms with Crippen molar-refractivity contribution >= 4 is 11.7 Å². The first kappa shape index (κ1) is 13.1. The number of rotatable bonds is 1. The standard InChI is InChI=1S/C16H25NO2/c1-14(2)15(3)7-8-16(14,11-12(15)18)13(19)17-9-5-4-6-10-17/h4-11H2,1-3H3/t15-,16+/m1/s1. The molecule has 0 unspecified atom stereocenters. The molecule has 0 radical (unpaired) electrons. The van der Waals surface area contributed by atoms with Gasteiger partial charge in [-0.3, -0.25) is 9.59 Å². The van der Waals surface area contributed by atoms with Crippen molar-refractivity contribution in [2.45, 2.75) is 59.3 Å². The highest BCUT2D eigenvalue weighted by atomic mass is 16.2. The number of piperidine rings is 1. The van der Waals surface area contributed by atoms with E-state index >= 15 is 0 Å². The minimum absolute atomic E-state index is 0.189. The maximum absolute atomic E-state index is 13.1. The summed E-state index contributed by atoms with van der Waals surface area (Å²) in [5, 5.41) is 0. The molecule has 1 amide bonds. The highest BCUT2D eigenvalue weighted by Crippen LogP contribution is 2.71. The molecule has 0 N–H and O–H groups in total. The smallest absolute Gasteiger partial charge is 0.229 e. The number of fused-ring (bicyclic) bond motifs is 2. The van der Waals surface area contributed by atoms with Gasteiger partial charge < -0.3 is 4.90 Å². The Bertz CT molecular complexity index is 436. The van der Waals surface area contributed by atoms with Crippen LogP contribution in [0.3, 0.4) is 0 Å². The fourth-order valence-electron chi connectivity index (χ4n) is 4.73. The Hall–Kier alpha value is -0.860. The van der Waals surface area contributed by atoms with E-state index in [1.54, 1.807) is 0 Å². The number of hydrogen-bond acceptors (Lipinski definition) is 2. The van der Waals surface area contributed by atoms with Gasteiger partial charge in [0.05, 0.1) is 5.41 Å².